The lowest BCUT2D eigenvalue weighted by atomic mass is 10.2. The van der Waals surface area contributed by atoms with Gasteiger partial charge in [0.25, 0.3) is 5.91 Å². The number of carbonyl (C=O) groups excluding carboxylic acids is 3. The predicted molar refractivity (Wildman–Crippen MR) is 77.8 cm³/mol. The first-order valence-electron chi connectivity index (χ1n) is 6.68. The van der Waals surface area contributed by atoms with Crippen molar-refractivity contribution in [2.45, 2.75) is 12.8 Å². The molecule has 1 rings (SSSR count). The Kier molecular flexibility index (Phi) is 7.45. The van der Waals surface area contributed by atoms with Crippen molar-refractivity contribution in [3.8, 4) is 11.5 Å². The van der Waals surface area contributed by atoms with Gasteiger partial charge < -0.3 is 19.5 Å². The van der Waals surface area contributed by atoms with Crippen LogP contribution >= 0.6 is 0 Å². The van der Waals surface area contributed by atoms with Crippen LogP contribution in [-0.2, 0) is 19.1 Å². The van der Waals surface area contributed by atoms with Crippen molar-refractivity contribution in [3.05, 3.63) is 24.3 Å². The van der Waals surface area contributed by atoms with Crippen LogP contribution in [0.15, 0.2) is 24.3 Å². The highest BCUT2D eigenvalue weighted by Gasteiger charge is 2.10. The minimum absolute atomic E-state index is 0.00289. The quantitative estimate of drug-likeness (QED) is 0.676. The first kappa shape index (κ1) is 17.5. The summed E-state index contributed by atoms with van der Waals surface area (Å²) < 4.78 is 14.8. The fraction of sp³-hybridized carbons (Fsp3) is 0.400. The van der Waals surface area contributed by atoms with E-state index in [1.54, 1.807) is 24.3 Å². The van der Waals surface area contributed by atoms with E-state index in [0.717, 1.165) is 0 Å². The number of hydrogen-bond acceptors (Lipinski definition) is 6. The van der Waals surface area contributed by atoms with Crippen molar-refractivity contribution >= 4 is 17.7 Å². The first-order chi connectivity index (χ1) is 10.6. The summed E-state index contributed by atoms with van der Waals surface area (Å²) in [7, 11) is 2.76. The van der Waals surface area contributed by atoms with Crippen LogP contribution in [0.25, 0.3) is 0 Å². The maximum absolute atomic E-state index is 11.6. The van der Waals surface area contributed by atoms with Gasteiger partial charge in [0.2, 0.25) is 0 Å². The monoisotopic (exact) mass is 309 g/mol. The van der Waals surface area contributed by atoms with E-state index >= 15 is 0 Å². The molecule has 0 spiro atoms. The Balaban J connectivity index is 2.29. The largest absolute Gasteiger partial charge is 0.493 e. The summed E-state index contributed by atoms with van der Waals surface area (Å²) in [6.45, 7) is -0.379. The number of carbonyl (C=O) groups is 3. The average molecular weight is 309 g/mol. The summed E-state index contributed by atoms with van der Waals surface area (Å²) in [6.07, 6.45) is 0.0310. The van der Waals surface area contributed by atoms with Gasteiger partial charge in [-0.1, -0.05) is 12.1 Å². The Morgan fingerprint density at radius 1 is 1.05 bits per heavy atom. The van der Waals surface area contributed by atoms with Crippen LogP contribution in [0.2, 0.25) is 0 Å². The van der Waals surface area contributed by atoms with Crippen molar-refractivity contribution in [2.24, 2.45) is 0 Å². The molecule has 120 valence electrons. The van der Waals surface area contributed by atoms with Crippen LogP contribution in [0, 0.1) is 0 Å². The van der Waals surface area contributed by atoms with Crippen LogP contribution in [-0.4, -0.2) is 45.0 Å². The molecule has 0 aliphatic carbocycles. The summed E-state index contributed by atoms with van der Waals surface area (Å²) >= 11 is 0. The summed E-state index contributed by atoms with van der Waals surface area (Å²) in [5.74, 6) is -0.186. The van der Waals surface area contributed by atoms with Gasteiger partial charge in [-0.2, -0.15) is 0 Å². The van der Waals surface area contributed by atoms with Crippen LogP contribution in [0.3, 0.4) is 0 Å². The summed E-state index contributed by atoms with van der Waals surface area (Å²) in [6, 6.07) is 6.93. The van der Waals surface area contributed by atoms with E-state index in [0.29, 0.717) is 11.5 Å². The van der Waals surface area contributed by atoms with Gasteiger partial charge in [-0.3, -0.25) is 14.4 Å². The van der Waals surface area contributed by atoms with E-state index < -0.39 is 11.9 Å². The standard InChI is InChI=1S/C15H19NO6/c1-20-12-5-3-4-6-13(12)22-10-14(18)16-9-11(17)7-8-15(19)21-2/h3-6H,7-10H2,1-2H3,(H,16,18). The minimum atomic E-state index is -0.459. The van der Waals surface area contributed by atoms with Crippen molar-refractivity contribution in [2.75, 3.05) is 27.4 Å². The van der Waals surface area contributed by atoms with Gasteiger partial charge in [0.15, 0.2) is 23.9 Å². The van der Waals surface area contributed by atoms with E-state index in [9.17, 15) is 14.4 Å². The molecule has 0 heterocycles. The molecule has 1 N–H and O–H groups in total. The van der Waals surface area contributed by atoms with Gasteiger partial charge in [0.1, 0.15) is 0 Å². The Labute approximate surface area is 128 Å². The molecule has 0 saturated carbocycles. The van der Waals surface area contributed by atoms with Crippen LogP contribution in [0.4, 0.5) is 0 Å². The lowest BCUT2D eigenvalue weighted by Crippen LogP contribution is -2.33. The number of para-hydroxylation sites is 2. The van der Waals surface area contributed by atoms with Gasteiger partial charge in [0.05, 0.1) is 27.2 Å². The second-order valence-electron chi connectivity index (χ2n) is 4.33. The fourth-order valence-electron chi connectivity index (χ4n) is 1.56. The smallest absolute Gasteiger partial charge is 0.305 e. The molecule has 7 heteroatoms. The Bertz CT molecular complexity index is 529. The zero-order valence-corrected chi connectivity index (χ0v) is 12.6. The number of Topliss-reactive ketones (excluding diaryl/α,β-unsaturated/α-hetero) is 1. The molecule has 22 heavy (non-hydrogen) atoms. The predicted octanol–water partition coefficient (Wildman–Crippen LogP) is 0.712. The molecule has 0 aliphatic heterocycles. The maximum Gasteiger partial charge on any atom is 0.305 e. The summed E-state index contributed by atoms with van der Waals surface area (Å²) in [5, 5.41) is 2.43. The van der Waals surface area contributed by atoms with Crippen LogP contribution < -0.4 is 14.8 Å². The molecule has 7 nitrogen and oxygen atoms in total. The number of esters is 1. The zero-order valence-electron chi connectivity index (χ0n) is 12.6. The normalized spacial score (nSPS) is 9.73. The van der Waals surface area contributed by atoms with E-state index in [1.807, 2.05) is 0 Å². The van der Waals surface area contributed by atoms with Crippen LogP contribution in [0.1, 0.15) is 12.8 Å². The van der Waals surface area contributed by atoms with Gasteiger partial charge in [0, 0.05) is 6.42 Å². The number of ether oxygens (including phenoxy) is 3. The van der Waals surface area contributed by atoms with E-state index in [1.165, 1.54) is 14.2 Å². The third kappa shape index (κ3) is 6.25. The molecule has 0 fully saturated rings. The molecule has 1 aromatic carbocycles. The zero-order chi connectivity index (χ0) is 16.4. The maximum atomic E-state index is 11.6. The number of amides is 1. The van der Waals surface area contributed by atoms with Crippen molar-refractivity contribution in [3.63, 3.8) is 0 Å². The first-order valence-corrected chi connectivity index (χ1v) is 6.68. The fourth-order valence-corrected chi connectivity index (χ4v) is 1.56. The van der Waals surface area contributed by atoms with Crippen molar-refractivity contribution < 1.29 is 28.6 Å². The number of ketones is 1. The molecule has 0 aromatic heterocycles. The van der Waals surface area contributed by atoms with Gasteiger partial charge in [-0.25, -0.2) is 0 Å². The molecule has 1 aromatic rings. The molecule has 0 bridgehead atoms. The molecule has 1 amide bonds. The number of benzene rings is 1. The molecule has 0 unspecified atom stereocenters. The van der Waals surface area contributed by atoms with Crippen LogP contribution in [0.5, 0.6) is 11.5 Å². The van der Waals surface area contributed by atoms with E-state index in [2.05, 4.69) is 10.1 Å². The highest BCUT2D eigenvalue weighted by molar-refractivity contribution is 5.88. The second-order valence-corrected chi connectivity index (χ2v) is 4.33. The topological polar surface area (TPSA) is 90.9 Å². The van der Waals surface area contributed by atoms with Gasteiger partial charge in [-0.15, -0.1) is 0 Å². The Morgan fingerprint density at radius 3 is 2.36 bits per heavy atom. The highest BCUT2D eigenvalue weighted by atomic mass is 16.5. The van der Waals surface area contributed by atoms with E-state index in [-0.39, 0.29) is 31.8 Å². The molecule has 0 aliphatic rings. The van der Waals surface area contributed by atoms with Gasteiger partial charge in [-0.05, 0) is 12.1 Å². The lowest BCUT2D eigenvalue weighted by molar-refractivity contribution is -0.141. The lowest BCUT2D eigenvalue weighted by Gasteiger charge is -2.10. The molecular formula is C15H19NO6. The highest BCUT2D eigenvalue weighted by Crippen LogP contribution is 2.25. The molecular weight excluding hydrogens is 290 g/mol. The summed E-state index contributed by atoms with van der Waals surface area (Å²) in [5.41, 5.74) is 0. The molecule has 0 saturated heterocycles. The molecule has 0 radical (unpaired) electrons. The average Bonchev–Trinajstić information content (AvgIpc) is 2.55. The number of rotatable bonds is 9. The summed E-state index contributed by atoms with van der Waals surface area (Å²) in [4.78, 5) is 33.9. The van der Waals surface area contributed by atoms with E-state index in [4.69, 9.17) is 9.47 Å². The number of methoxy groups -OCH3 is 2. The Hall–Kier alpha value is -2.57. The number of hydrogen-bond donors (Lipinski definition) is 1. The Morgan fingerprint density at radius 2 is 1.73 bits per heavy atom. The van der Waals surface area contributed by atoms with Crippen molar-refractivity contribution in [1.82, 2.24) is 5.32 Å². The minimum Gasteiger partial charge on any atom is -0.493 e. The molecule has 0 atom stereocenters. The second kappa shape index (κ2) is 9.38. The van der Waals surface area contributed by atoms with Gasteiger partial charge >= 0.3 is 5.97 Å². The number of nitrogens with one attached hydrogen (secondary N) is 1. The van der Waals surface area contributed by atoms with Crippen molar-refractivity contribution in [1.29, 1.82) is 0 Å². The third-order valence-corrected chi connectivity index (χ3v) is 2.75. The third-order valence-electron chi connectivity index (χ3n) is 2.75. The SMILES string of the molecule is COC(=O)CCC(=O)CNC(=O)COc1ccccc1OC.